The van der Waals surface area contributed by atoms with Gasteiger partial charge in [-0.05, 0) is 37.5 Å². The molecule has 21 heavy (non-hydrogen) atoms. The van der Waals surface area contributed by atoms with Crippen molar-refractivity contribution >= 4 is 10.0 Å². The van der Waals surface area contributed by atoms with Crippen LogP contribution in [-0.2, 0) is 21.3 Å². The van der Waals surface area contributed by atoms with Crippen LogP contribution in [0, 0.1) is 12.7 Å². The molecule has 5 nitrogen and oxygen atoms in total. The predicted octanol–water partition coefficient (Wildman–Crippen LogP) is 1.39. The second kappa shape index (κ2) is 6.39. The number of sulfonamides is 1. The third kappa shape index (κ3) is 3.42. The van der Waals surface area contributed by atoms with Gasteiger partial charge in [0.2, 0.25) is 10.0 Å². The number of benzene rings is 1. The average Bonchev–Trinajstić information content (AvgIpc) is 2.94. The molecule has 118 valence electrons. The van der Waals surface area contributed by atoms with Crippen LogP contribution in [0.25, 0.3) is 0 Å². The van der Waals surface area contributed by atoms with Gasteiger partial charge >= 0.3 is 0 Å². The van der Waals surface area contributed by atoms with Crippen molar-refractivity contribution in [2.75, 3.05) is 20.2 Å². The molecule has 1 saturated heterocycles. The number of hydrogen-bond donors (Lipinski definition) is 1. The van der Waals surface area contributed by atoms with E-state index in [0.717, 1.165) is 12.8 Å². The number of nitrogens with two attached hydrogens (primary N) is 1. The van der Waals surface area contributed by atoms with Crippen molar-refractivity contribution in [2.45, 2.75) is 37.3 Å². The molecule has 1 fully saturated rings. The minimum Gasteiger partial charge on any atom is -0.377 e. The first-order valence-corrected chi connectivity index (χ1v) is 8.37. The van der Waals surface area contributed by atoms with E-state index in [-0.39, 0.29) is 28.7 Å². The fourth-order valence-electron chi connectivity index (χ4n) is 2.46. The van der Waals surface area contributed by atoms with Gasteiger partial charge in [-0.3, -0.25) is 0 Å². The van der Waals surface area contributed by atoms with Gasteiger partial charge in [-0.25, -0.2) is 12.8 Å². The van der Waals surface area contributed by atoms with Gasteiger partial charge in [-0.2, -0.15) is 4.31 Å². The molecule has 1 atom stereocenters. The molecule has 1 unspecified atom stereocenters. The van der Waals surface area contributed by atoms with E-state index in [9.17, 15) is 12.8 Å². The Morgan fingerprint density at radius 2 is 2.19 bits per heavy atom. The lowest BCUT2D eigenvalue weighted by atomic mass is 10.1. The lowest BCUT2D eigenvalue weighted by molar-refractivity contribution is 0.0979. The molecule has 1 aromatic rings. The molecular weight excluding hydrogens is 295 g/mol. The molecule has 1 aromatic carbocycles. The van der Waals surface area contributed by atoms with E-state index in [1.54, 1.807) is 0 Å². The Balaban J connectivity index is 2.27. The van der Waals surface area contributed by atoms with E-state index < -0.39 is 15.8 Å². The van der Waals surface area contributed by atoms with Crippen LogP contribution in [0.5, 0.6) is 0 Å². The molecule has 1 aliphatic heterocycles. The van der Waals surface area contributed by atoms with Crippen LogP contribution < -0.4 is 5.73 Å². The van der Waals surface area contributed by atoms with Gasteiger partial charge in [-0.1, -0.05) is 0 Å². The van der Waals surface area contributed by atoms with E-state index in [4.69, 9.17) is 10.5 Å². The number of rotatable bonds is 5. The largest absolute Gasteiger partial charge is 0.377 e. The molecule has 0 bridgehead atoms. The van der Waals surface area contributed by atoms with Crippen LogP contribution in [0.15, 0.2) is 17.0 Å². The first-order valence-electron chi connectivity index (χ1n) is 6.93. The van der Waals surface area contributed by atoms with Crippen molar-refractivity contribution in [3.8, 4) is 0 Å². The average molecular weight is 316 g/mol. The zero-order valence-electron chi connectivity index (χ0n) is 12.3. The summed E-state index contributed by atoms with van der Waals surface area (Å²) < 4.78 is 45.6. The third-order valence-corrected chi connectivity index (χ3v) is 5.52. The Morgan fingerprint density at radius 3 is 2.76 bits per heavy atom. The molecule has 0 spiro atoms. The van der Waals surface area contributed by atoms with E-state index in [0.29, 0.717) is 13.2 Å². The molecular formula is C14H21FN2O3S. The first kappa shape index (κ1) is 16.4. The second-order valence-electron chi connectivity index (χ2n) is 5.34. The summed E-state index contributed by atoms with van der Waals surface area (Å²) in [6.07, 6.45) is 1.74. The molecule has 0 aliphatic carbocycles. The second-order valence-corrected chi connectivity index (χ2v) is 7.38. The van der Waals surface area contributed by atoms with E-state index in [2.05, 4.69) is 0 Å². The molecule has 2 rings (SSSR count). The Labute approximate surface area is 124 Å². The maximum atomic E-state index is 13.8. The highest BCUT2D eigenvalue weighted by Crippen LogP contribution is 2.23. The zero-order chi connectivity index (χ0) is 15.6. The van der Waals surface area contributed by atoms with Gasteiger partial charge in [0.15, 0.2) is 0 Å². The highest BCUT2D eigenvalue weighted by Gasteiger charge is 2.27. The summed E-state index contributed by atoms with van der Waals surface area (Å²) in [6.45, 7) is 2.47. The summed E-state index contributed by atoms with van der Waals surface area (Å²) >= 11 is 0. The molecule has 1 aliphatic rings. The van der Waals surface area contributed by atoms with Crippen LogP contribution in [0.2, 0.25) is 0 Å². The van der Waals surface area contributed by atoms with Gasteiger partial charge in [0.1, 0.15) is 5.82 Å². The predicted molar refractivity (Wildman–Crippen MR) is 77.8 cm³/mol. The molecule has 0 aromatic heterocycles. The number of ether oxygens (including phenoxy) is 1. The van der Waals surface area contributed by atoms with Crippen LogP contribution in [0.3, 0.4) is 0 Å². The molecule has 0 radical (unpaired) electrons. The summed E-state index contributed by atoms with van der Waals surface area (Å²) in [7, 11) is -2.16. The Morgan fingerprint density at radius 1 is 1.48 bits per heavy atom. The summed E-state index contributed by atoms with van der Waals surface area (Å²) in [5.41, 5.74) is 5.96. The number of halogens is 1. The number of nitrogens with zero attached hydrogens (tertiary/aromatic N) is 1. The van der Waals surface area contributed by atoms with Crippen LogP contribution >= 0.6 is 0 Å². The van der Waals surface area contributed by atoms with Crippen molar-refractivity contribution in [1.82, 2.24) is 4.31 Å². The van der Waals surface area contributed by atoms with E-state index in [1.165, 1.54) is 30.4 Å². The lowest BCUT2D eigenvalue weighted by Crippen LogP contribution is -2.34. The summed E-state index contributed by atoms with van der Waals surface area (Å²) in [6, 6.07) is 2.65. The highest BCUT2D eigenvalue weighted by atomic mass is 32.2. The van der Waals surface area contributed by atoms with Crippen LogP contribution in [0.4, 0.5) is 4.39 Å². The van der Waals surface area contributed by atoms with Gasteiger partial charge in [0, 0.05) is 32.3 Å². The Bertz CT molecular complexity index is 613. The van der Waals surface area contributed by atoms with Crippen LogP contribution in [0.1, 0.15) is 24.0 Å². The lowest BCUT2D eigenvalue weighted by Gasteiger charge is -2.21. The SMILES string of the molecule is Cc1cc(S(=O)(=O)N(C)CC2CCCO2)cc(CN)c1F. The van der Waals surface area contributed by atoms with Gasteiger partial charge in [0.05, 0.1) is 11.0 Å². The van der Waals surface area contributed by atoms with E-state index in [1.807, 2.05) is 0 Å². The van der Waals surface area contributed by atoms with Gasteiger partial charge in [0.25, 0.3) is 0 Å². The number of aryl methyl sites for hydroxylation is 1. The fourth-order valence-corrected chi connectivity index (χ4v) is 3.80. The zero-order valence-corrected chi connectivity index (χ0v) is 13.1. The normalized spacial score (nSPS) is 19.4. The van der Waals surface area contributed by atoms with Crippen molar-refractivity contribution in [3.63, 3.8) is 0 Å². The Kier molecular flexibility index (Phi) is 4.98. The number of hydrogen-bond acceptors (Lipinski definition) is 4. The summed E-state index contributed by atoms with van der Waals surface area (Å²) in [5.74, 6) is -0.446. The third-order valence-electron chi connectivity index (χ3n) is 3.72. The molecule has 1 heterocycles. The summed E-state index contributed by atoms with van der Waals surface area (Å²) in [4.78, 5) is 0.0716. The maximum Gasteiger partial charge on any atom is 0.242 e. The van der Waals surface area contributed by atoms with Gasteiger partial charge < -0.3 is 10.5 Å². The minimum atomic E-state index is -3.67. The molecule has 0 saturated carbocycles. The van der Waals surface area contributed by atoms with Gasteiger partial charge in [-0.15, -0.1) is 0 Å². The van der Waals surface area contributed by atoms with Crippen molar-refractivity contribution in [3.05, 3.63) is 29.1 Å². The van der Waals surface area contributed by atoms with Crippen LogP contribution in [-0.4, -0.2) is 39.0 Å². The van der Waals surface area contributed by atoms with Crippen molar-refractivity contribution in [1.29, 1.82) is 0 Å². The molecule has 0 amide bonds. The first-order chi connectivity index (χ1) is 9.86. The quantitative estimate of drug-likeness (QED) is 0.891. The number of likely N-dealkylation sites (N-methyl/N-ethyl adjacent to an activating group) is 1. The van der Waals surface area contributed by atoms with E-state index >= 15 is 0 Å². The molecule has 2 N–H and O–H groups in total. The van der Waals surface area contributed by atoms with Crippen molar-refractivity contribution < 1.29 is 17.5 Å². The standard InChI is InChI=1S/C14H21FN2O3S/c1-10-6-13(7-11(8-16)14(10)15)21(18,19)17(2)9-12-4-3-5-20-12/h6-7,12H,3-5,8-9,16H2,1-2H3. The summed E-state index contributed by atoms with van der Waals surface area (Å²) in [5, 5.41) is 0. The maximum absolute atomic E-state index is 13.8. The minimum absolute atomic E-state index is 0.0362. The van der Waals surface area contributed by atoms with Crippen molar-refractivity contribution in [2.24, 2.45) is 5.73 Å². The molecule has 7 heteroatoms. The topological polar surface area (TPSA) is 72.6 Å². The smallest absolute Gasteiger partial charge is 0.242 e. The monoisotopic (exact) mass is 316 g/mol. The highest BCUT2D eigenvalue weighted by molar-refractivity contribution is 7.89. The fraction of sp³-hybridized carbons (Fsp3) is 0.571. The Hall–Kier alpha value is -1.02.